The van der Waals surface area contributed by atoms with E-state index in [2.05, 4.69) is 168 Å². The summed E-state index contributed by atoms with van der Waals surface area (Å²) in [7, 11) is 0. The molecular weight excluding hydrogens is 623 g/mol. The monoisotopic (exact) mass is 651 g/mol. The first-order valence-corrected chi connectivity index (χ1v) is 17.3. The zero-order chi connectivity index (χ0) is 33.5. The molecule has 51 heavy (non-hydrogen) atoms. The predicted molar refractivity (Wildman–Crippen MR) is 205 cm³/mol. The molecule has 0 radical (unpaired) electrons. The van der Waals surface area contributed by atoms with E-state index >= 15 is 0 Å². The Bertz CT molecular complexity index is 2730. The highest BCUT2D eigenvalue weighted by atomic mass is 16.5. The molecular formula is C47H29N3O. The van der Waals surface area contributed by atoms with Gasteiger partial charge in [0.25, 0.3) is 0 Å². The second kappa shape index (κ2) is 10.6. The van der Waals surface area contributed by atoms with Crippen molar-refractivity contribution in [2.75, 3.05) is 0 Å². The molecule has 2 aliphatic rings. The summed E-state index contributed by atoms with van der Waals surface area (Å²) in [5.41, 5.74) is 12.7. The van der Waals surface area contributed by atoms with Crippen molar-refractivity contribution < 1.29 is 4.74 Å². The Kier molecular flexibility index (Phi) is 5.84. The minimum atomic E-state index is -0.543. The molecule has 11 rings (SSSR count). The lowest BCUT2D eigenvalue weighted by Gasteiger charge is -2.39. The molecule has 1 aliphatic heterocycles. The van der Waals surface area contributed by atoms with Gasteiger partial charge in [0.15, 0.2) is 0 Å². The van der Waals surface area contributed by atoms with Crippen molar-refractivity contribution in [3.8, 4) is 51.1 Å². The highest BCUT2D eigenvalue weighted by Gasteiger charge is 2.51. The third-order valence-electron chi connectivity index (χ3n) is 10.7. The molecule has 7 aromatic carbocycles. The molecule has 0 fully saturated rings. The Morgan fingerprint density at radius 1 is 0.412 bits per heavy atom. The maximum absolute atomic E-state index is 6.92. The van der Waals surface area contributed by atoms with E-state index in [4.69, 9.17) is 14.7 Å². The number of hydrogen-bond acceptors (Lipinski definition) is 3. The van der Waals surface area contributed by atoms with Gasteiger partial charge in [-0.05, 0) is 46.5 Å². The smallest absolute Gasteiger partial charge is 0.235 e. The molecule has 0 unspecified atom stereocenters. The molecule has 0 saturated heterocycles. The van der Waals surface area contributed by atoms with E-state index in [9.17, 15) is 0 Å². The van der Waals surface area contributed by atoms with Gasteiger partial charge in [0.2, 0.25) is 5.95 Å². The van der Waals surface area contributed by atoms with Crippen molar-refractivity contribution in [3.63, 3.8) is 0 Å². The van der Waals surface area contributed by atoms with Crippen LogP contribution in [0.1, 0.15) is 22.3 Å². The lowest BCUT2D eigenvalue weighted by molar-refractivity contribution is 0.437. The number of hydrogen-bond donors (Lipinski definition) is 0. The molecule has 3 heterocycles. The van der Waals surface area contributed by atoms with Crippen LogP contribution in [0.4, 0.5) is 0 Å². The highest BCUT2D eigenvalue weighted by molar-refractivity contribution is 6.10. The summed E-state index contributed by atoms with van der Waals surface area (Å²) in [6.45, 7) is 0. The first kappa shape index (κ1) is 28.1. The van der Waals surface area contributed by atoms with Crippen LogP contribution in [0.3, 0.4) is 0 Å². The van der Waals surface area contributed by atoms with E-state index in [0.717, 1.165) is 66.9 Å². The minimum Gasteiger partial charge on any atom is -0.457 e. The molecule has 0 N–H and O–H groups in total. The van der Waals surface area contributed by atoms with Crippen LogP contribution < -0.4 is 4.74 Å². The zero-order valence-corrected chi connectivity index (χ0v) is 27.5. The second-order valence-electron chi connectivity index (χ2n) is 13.3. The molecule has 0 saturated carbocycles. The average Bonchev–Trinajstić information content (AvgIpc) is 3.68. The molecule has 1 aliphatic carbocycles. The number of ether oxygens (including phenoxy) is 1. The number of aromatic nitrogens is 3. The Balaban J connectivity index is 1.24. The lowest BCUT2D eigenvalue weighted by atomic mass is 9.66. The van der Waals surface area contributed by atoms with Gasteiger partial charge in [-0.1, -0.05) is 146 Å². The number of benzene rings is 7. The predicted octanol–water partition coefficient (Wildman–Crippen LogP) is 11.4. The Morgan fingerprint density at radius 3 is 1.63 bits per heavy atom. The first-order chi connectivity index (χ1) is 25.3. The Labute approximate surface area is 294 Å². The summed E-state index contributed by atoms with van der Waals surface area (Å²) >= 11 is 0. The van der Waals surface area contributed by atoms with Crippen LogP contribution >= 0.6 is 0 Å². The summed E-state index contributed by atoms with van der Waals surface area (Å²) in [4.78, 5) is 10.5. The van der Waals surface area contributed by atoms with Gasteiger partial charge in [-0.2, -0.15) is 0 Å². The first-order valence-electron chi connectivity index (χ1n) is 17.3. The number of rotatable bonds is 3. The van der Waals surface area contributed by atoms with Gasteiger partial charge in [-0.3, -0.25) is 4.57 Å². The van der Waals surface area contributed by atoms with Crippen LogP contribution in [0.2, 0.25) is 0 Å². The van der Waals surface area contributed by atoms with Crippen LogP contribution in [0.15, 0.2) is 176 Å². The van der Waals surface area contributed by atoms with Crippen molar-refractivity contribution in [3.05, 3.63) is 198 Å². The van der Waals surface area contributed by atoms with E-state index in [1.807, 2.05) is 12.1 Å². The zero-order valence-electron chi connectivity index (χ0n) is 27.5. The van der Waals surface area contributed by atoms with Crippen LogP contribution in [0, 0.1) is 0 Å². The van der Waals surface area contributed by atoms with E-state index in [1.54, 1.807) is 0 Å². The van der Waals surface area contributed by atoms with Gasteiger partial charge in [0, 0.05) is 39.1 Å². The SMILES string of the molecule is c1ccc(-c2cc(-c3ccccc3)nc(-n3c4ccccc4c4cc5c(cc43)Oc3ccccc3C53c4ccccc4-c4ccccc43)n2)cc1. The molecule has 2 aromatic heterocycles. The minimum absolute atomic E-state index is 0.543. The van der Waals surface area contributed by atoms with Gasteiger partial charge in [-0.15, -0.1) is 0 Å². The van der Waals surface area contributed by atoms with Crippen LogP contribution in [-0.2, 0) is 5.41 Å². The molecule has 0 atom stereocenters. The van der Waals surface area contributed by atoms with Crippen LogP contribution in [-0.4, -0.2) is 14.5 Å². The molecule has 1 spiro atoms. The Morgan fingerprint density at radius 2 is 0.961 bits per heavy atom. The maximum Gasteiger partial charge on any atom is 0.235 e. The van der Waals surface area contributed by atoms with Crippen molar-refractivity contribution in [2.24, 2.45) is 0 Å². The summed E-state index contributed by atoms with van der Waals surface area (Å²) in [6.07, 6.45) is 0. The van der Waals surface area contributed by atoms with E-state index < -0.39 is 5.41 Å². The second-order valence-corrected chi connectivity index (χ2v) is 13.3. The fourth-order valence-electron chi connectivity index (χ4n) is 8.58. The molecule has 4 nitrogen and oxygen atoms in total. The molecule has 0 bridgehead atoms. The number of fused-ring (bicyclic) bond motifs is 12. The maximum atomic E-state index is 6.92. The van der Waals surface area contributed by atoms with E-state index in [0.29, 0.717) is 5.95 Å². The van der Waals surface area contributed by atoms with Gasteiger partial charge >= 0.3 is 0 Å². The highest BCUT2D eigenvalue weighted by Crippen LogP contribution is 2.62. The van der Waals surface area contributed by atoms with Crippen LogP contribution in [0.5, 0.6) is 11.5 Å². The lowest BCUT2D eigenvalue weighted by Crippen LogP contribution is -2.32. The van der Waals surface area contributed by atoms with Crippen molar-refractivity contribution in [1.82, 2.24) is 14.5 Å². The largest absolute Gasteiger partial charge is 0.457 e. The third-order valence-corrected chi connectivity index (χ3v) is 10.7. The van der Waals surface area contributed by atoms with Crippen molar-refractivity contribution >= 4 is 21.8 Å². The average molecular weight is 652 g/mol. The number of para-hydroxylation sites is 2. The Hall–Kier alpha value is -6.78. The topological polar surface area (TPSA) is 39.9 Å². The van der Waals surface area contributed by atoms with E-state index in [1.165, 1.54) is 22.3 Å². The molecule has 4 heteroatoms. The summed E-state index contributed by atoms with van der Waals surface area (Å²) in [6, 6.07) is 62.2. The normalized spacial score (nSPS) is 13.4. The fraction of sp³-hybridized carbons (Fsp3) is 0.0213. The van der Waals surface area contributed by atoms with Gasteiger partial charge in [-0.25, -0.2) is 9.97 Å². The van der Waals surface area contributed by atoms with Crippen LogP contribution in [0.25, 0.3) is 61.4 Å². The van der Waals surface area contributed by atoms with E-state index in [-0.39, 0.29) is 0 Å². The van der Waals surface area contributed by atoms with Crippen molar-refractivity contribution in [1.29, 1.82) is 0 Å². The number of nitrogens with zero attached hydrogens (tertiary/aromatic N) is 3. The molecule has 9 aromatic rings. The van der Waals surface area contributed by atoms with Crippen molar-refractivity contribution in [2.45, 2.75) is 5.41 Å². The summed E-state index contributed by atoms with van der Waals surface area (Å²) in [5, 5.41) is 2.27. The molecule has 238 valence electrons. The summed E-state index contributed by atoms with van der Waals surface area (Å²) in [5.74, 6) is 2.32. The quantitative estimate of drug-likeness (QED) is 0.191. The van der Waals surface area contributed by atoms with Gasteiger partial charge < -0.3 is 4.74 Å². The van der Waals surface area contributed by atoms with Gasteiger partial charge in [0.05, 0.1) is 27.8 Å². The van der Waals surface area contributed by atoms with Gasteiger partial charge in [0.1, 0.15) is 11.5 Å². The standard InChI is InChI=1S/C47H29N3O/c1-3-15-30(16-4-1)40-28-41(31-17-5-2-6-18-31)49-46(48-40)50-42-25-13-9-21-34(42)35-27-39-45(29-43(35)50)51-44-26-14-12-24-38(44)47(39)36-22-10-7-19-32(36)33-20-8-11-23-37(33)47/h1-29H. The molecule has 0 amide bonds. The third kappa shape index (κ3) is 3.90. The summed E-state index contributed by atoms with van der Waals surface area (Å²) < 4.78 is 9.13. The fourth-order valence-corrected chi connectivity index (χ4v) is 8.58.